The molecule has 8 heteroatoms. The fraction of sp³-hybridized carbons (Fsp3) is 0.214. The van der Waals surface area contributed by atoms with Crippen molar-refractivity contribution in [2.24, 2.45) is 5.73 Å². The minimum absolute atomic E-state index is 0.0368. The molecule has 2 N–H and O–H groups in total. The lowest BCUT2D eigenvalue weighted by atomic mass is 10.1. The number of benzene rings is 1. The monoisotopic (exact) mass is 303 g/mol. The zero-order valence-electron chi connectivity index (χ0n) is 12.0. The number of carbonyl (C=O) groups excluding carboxylic acids is 2. The molecule has 0 saturated heterocycles. The smallest absolute Gasteiger partial charge is 0.338 e. The summed E-state index contributed by atoms with van der Waals surface area (Å²) in [6.07, 6.45) is 0. The zero-order valence-corrected chi connectivity index (χ0v) is 12.0. The van der Waals surface area contributed by atoms with Gasteiger partial charge in [0, 0.05) is 17.3 Å². The molecule has 0 amide bonds. The molecule has 0 unspecified atom stereocenters. The summed E-state index contributed by atoms with van der Waals surface area (Å²) in [7, 11) is 0. The van der Waals surface area contributed by atoms with E-state index in [2.05, 4.69) is 0 Å². The molecule has 0 aliphatic carbocycles. The second kappa shape index (κ2) is 6.99. The normalized spacial score (nSPS) is 11.1. The molecule has 0 heterocycles. The Morgan fingerprint density at radius 2 is 2.09 bits per heavy atom. The summed E-state index contributed by atoms with van der Waals surface area (Å²) in [5.74, 6) is -1.53. The van der Waals surface area contributed by atoms with Crippen molar-refractivity contribution in [2.75, 3.05) is 6.61 Å². The van der Waals surface area contributed by atoms with Gasteiger partial charge in [-0.25, -0.2) is 4.79 Å². The predicted molar refractivity (Wildman–Crippen MR) is 75.6 cm³/mol. The Balaban J connectivity index is 2.81. The molecule has 0 fully saturated rings. The molecule has 0 aliphatic heterocycles. The number of Topliss-reactive ketones (excluding diaryl/α,β-unsaturated/α-hetero) is 1. The minimum Gasteiger partial charge on any atom is -0.454 e. The average molecular weight is 303 g/mol. The highest BCUT2D eigenvalue weighted by Crippen LogP contribution is 2.19. The van der Waals surface area contributed by atoms with Crippen molar-refractivity contribution in [3.05, 3.63) is 50.7 Å². The van der Waals surface area contributed by atoms with Gasteiger partial charge in [0.05, 0.1) is 10.5 Å². The number of nitriles is 1. The number of rotatable bonds is 5. The molecular weight excluding hydrogens is 290 g/mol. The van der Waals surface area contributed by atoms with Gasteiger partial charge in [0.2, 0.25) is 5.78 Å². The Bertz CT molecular complexity index is 712. The van der Waals surface area contributed by atoms with Crippen LogP contribution >= 0.6 is 0 Å². The number of hydrogen-bond acceptors (Lipinski definition) is 7. The number of nitro groups is 1. The van der Waals surface area contributed by atoms with Crippen LogP contribution in [0.1, 0.15) is 22.8 Å². The maximum Gasteiger partial charge on any atom is 0.338 e. The number of esters is 1. The van der Waals surface area contributed by atoms with Crippen LogP contribution in [0.15, 0.2) is 29.5 Å². The van der Waals surface area contributed by atoms with Crippen molar-refractivity contribution in [2.45, 2.75) is 13.8 Å². The van der Waals surface area contributed by atoms with Gasteiger partial charge >= 0.3 is 5.97 Å². The van der Waals surface area contributed by atoms with Crippen LogP contribution in [0.5, 0.6) is 0 Å². The molecule has 0 bridgehead atoms. The largest absolute Gasteiger partial charge is 0.454 e. The third kappa shape index (κ3) is 3.89. The van der Waals surface area contributed by atoms with Crippen molar-refractivity contribution in [1.29, 1.82) is 5.26 Å². The Labute approximate surface area is 125 Å². The van der Waals surface area contributed by atoms with Crippen LogP contribution in [0, 0.1) is 28.4 Å². The second-order valence-electron chi connectivity index (χ2n) is 4.43. The molecule has 8 nitrogen and oxygen atoms in total. The number of allylic oxidation sites excluding steroid dienone is 1. The van der Waals surface area contributed by atoms with E-state index in [1.165, 1.54) is 32.0 Å². The minimum atomic E-state index is -0.821. The molecule has 22 heavy (non-hydrogen) atoms. The van der Waals surface area contributed by atoms with Crippen molar-refractivity contribution >= 4 is 17.4 Å². The van der Waals surface area contributed by atoms with Crippen LogP contribution in [-0.2, 0) is 9.53 Å². The highest BCUT2D eigenvalue weighted by molar-refractivity contribution is 6.02. The Morgan fingerprint density at radius 1 is 1.45 bits per heavy atom. The SMILES string of the molecule is C/C(N)=C(\C#N)C(=O)COC(=O)c1ccc([N+](=O)[O-])c(C)c1. The van der Waals surface area contributed by atoms with Crippen LogP contribution in [-0.4, -0.2) is 23.3 Å². The predicted octanol–water partition coefficient (Wildman–Crippen LogP) is 1.39. The lowest BCUT2D eigenvalue weighted by molar-refractivity contribution is -0.385. The summed E-state index contributed by atoms with van der Waals surface area (Å²) in [6, 6.07) is 5.33. The second-order valence-corrected chi connectivity index (χ2v) is 4.43. The van der Waals surface area contributed by atoms with Crippen molar-refractivity contribution in [3.8, 4) is 6.07 Å². The molecule has 0 aliphatic rings. The molecule has 0 spiro atoms. The number of carbonyl (C=O) groups is 2. The maximum atomic E-state index is 11.8. The molecule has 0 atom stereocenters. The summed E-state index contributed by atoms with van der Waals surface area (Å²) in [4.78, 5) is 33.5. The zero-order chi connectivity index (χ0) is 16.9. The van der Waals surface area contributed by atoms with Gasteiger partial charge in [-0.3, -0.25) is 14.9 Å². The van der Waals surface area contributed by atoms with Gasteiger partial charge in [0.1, 0.15) is 11.6 Å². The lowest BCUT2D eigenvalue weighted by Crippen LogP contribution is -2.17. The Kier molecular flexibility index (Phi) is 5.35. The van der Waals surface area contributed by atoms with Crippen LogP contribution < -0.4 is 5.73 Å². The van der Waals surface area contributed by atoms with E-state index < -0.39 is 23.3 Å². The number of aryl methyl sites for hydroxylation is 1. The molecule has 1 aromatic rings. The van der Waals surface area contributed by atoms with Gasteiger partial charge in [0.25, 0.3) is 5.69 Å². The Hall–Kier alpha value is -3.21. The molecule has 0 radical (unpaired) electrons. The van der Waals surface area contributed by atoms with Crippen molar-refractivity contribution in [3.63, 3.8) is 0 Å². The average Bonchev–Trinajstić information content (AvgIpc) is 2.44. The van der Waals surface area contributed by atoms with E-state index in [0.29, 0.717) is 5.56 Å². The third-order valence-corrected chi connectivity index (χ3v) is 2.75. The molecule has 0 aromatic heterocycles. The van der Waals surface area contributed by atoms with E-state index in [-0.39, 0.29) is 22.5 Å². The highest BCUT2D eigenvalue weighted by atomic mass is 16.6. The first-order chi connectivity index (χ1) is 10.3. The maximum absolute atomic E-state index is 11.8. The van der Waals surface area contributed by atoms with Crippen molar-refractivity contribution < 1.29 is 19.2 Å². The van der Waals surface area contributed by atoms with E-state index in [1.807, 2.05) is 0 Å². The van der Waals surface area contributed by atoms with Crippen LogP contribution in [0.3, 0.4) is 0 Å². The molecule has 1 aromatic carbocycles. The van der Waals surface area contributed by atoms with Gasteiger partial charge in [-0.2, -0.15) is 5.26 Å². The fourth-order valence-electron chi connectivity index (χ4n) is 1.64. The number of hydrogen-bond donors (Lipinski definition) is 1. The first-order valence-electron chi connectivity index (χ1n) is 6.09. The summed E-state index contributed by atoms with van der Waals surface area (Å²) in [6.45, 7) is 2.23. The fourth-order valence-corrected chi connectivity index (χ4v) is 1.64. The van der Waals surface area contributed by atoms with Crippen molar-refractivity contribution in [1.82, 2.24) is 0 Å². The molecule has 1 rings (SSSR count). The number of nitro benzene ring substituents is 1. The third-order valence-electron chi connectivity index (χ3n) is 2.75. The van der Waals surface area contributed by atoms with Gasteiger partial charge in [-0.1, -0.05) is 0 Å². The van der Waals surface area contributed by atoms with E-state index in [4.69, 9.17) is 15.7 Å². The van der Waals surface area contributed by atoms with E-state index >= 15 is 0 Å². The van der Waals surface area contributed by atoms with Crippen LogP contribution in [0.2, 0.25) is 0 Å². The van der Waals surface area contributed by atoms with Crippen LogP contribution in [0.25, 0.3) is 0 Å². The summed E-state index contributed by atoms with van der Waals surface area (Å²) < 4.78 is 4.78. The summed E-state index contributed by atoms with van der Waals surface area (Å²) >= 11 is 0. The number of ether oxygens (including phenoxy) is 1. The van der Waals surface area contributed by atoms with Gasteiger partial charge in [0.15, 0.2) is 6.61 Å². The number of ketones is 1. The molecule has 0 saturated carbocycles. The highest BCUT2D eigenvalue weighted by Gasteiger charge is 2.17. The lowest BCUT2D eigenvalue weighted by Gasteiger charge is -2.05. The summed E-state index contributed by atoms with van der Waals surface area (Å²) in [5, 5.41) is 19.4. The van der Waals surface area contributed by atoms with E-state index in [0.717, 1.165) is 0 Å². The molecule has 114 valence electrons. The number of nitrogens with two attached hydrogens (primary N) is 1. The van der Waals surface area contributed by atoms with E-state index in [9.17, 15) is 19.7 Å². The first-order valence-corrected chi connectivity index (χ1v) is 6.09. The summed E-state index contributed by atoms with van der Waals surface area (Å²) in [5.41, 5.74) is 5.37. The standard InChI is InChI=1S/C14H13N3O5/c1-8-5-10(3-4-12(8)17(20)21)14(19)22-7-13(18)11(6-15)9(2)16/h3-5H,7,16H2,1-2H3/b11-9-. The van der Waals surface area contributed by atoms with Gasteiger partial charge < -0.3 is 10.5 Å². The van der Waals surface area contributed by atoms with Gasteiger partial charge in [-0.05, 0) is 26.0 Å². The Morgan fingerprint density at radius 3 is 2.55 bits per heavy atom. The van der Waals surface area contributed by atoms with E-state index in [1.54, 1.807) is 6.07 Å². The first kappa shape index (κ1) is 16.8. The molecular formula is C14H13N3O5. The quantitative estimate of drug-likeness (QED) is 0.285. The van der Waals surface area contributed by atoms with Crippen LogP contribution in [0.4, 0.5) is 5.69 Å². The number of nitrogens with zero attached hydrogens (tertiary/aromatic N) is 2. The van der Waals surface area contributed by atoms with Gasteiger partial charge in [-0.15, -0.1) is 0 Å². The topological polar surface area (TPSA) is 136 Å².